The SMILES string of the molecule is COc1ccc(C(=O)N[C@H]2CC[C@@]3(C)CC[C@H]([C@H](C)C(=O)N4CCCCC4)[C@H](O)[C@H]3[C@H]2C)cc1. The Bertz CT molecular complexity index is 866. The van der Waals surface area contributed by atoms with E-state index in [-0.39, 0.29) is 46.9 Å². The second-order valence-corrected chi connectivity index (χ2v) is 11.3. The molecule has 3 aliphatic rings. The third-order valence-electron chi connectivity index (χ3n) is 9.26. The highest BCUT2D eigenvalue weighted by Crippen LogP contribution is 2.55. The van der Waals surface area contributed by atoms with E-state index in [2.05, 4.69) is 19.2 Å². The van der Waals surface area contributed by atoms with Gasteiger partial charge in [0.05, 0.1) is 13.2 Å². The van der Waals surface area contributed by atoms with Crippen LogP contribution in [0.4, 0.5) is 0 Å². The van der Waals surface area contributed by atoms with Crippen molar-refractivity contribution in [2.24, 2.45) is 29.1 Å². The third kappa shape index (κ3) is 4.84. The Labute approximate surface area is 204 Å². The molecule has 188 valence electrons. The predicted octanol–water partition coefficient (Wildman–Crippen LogP) is 4.27. The van der Waals surface area contributed by atoms with Crippen molar-refractivity contribution in [3.05, 3.63) is 29.8 Å². The zero-order valence-electron chi connectivity index (χ0n) is 21.3. The molecule has 1 aromatic rings. The number of rotatable bonds is 5. The molecule has 0 unspecified atom stereocenters. The van der Waals surface area contributed by atoms with E-state index in [9.17, 15) is 14.7 Å². The molecule has 1 aromatic carbocycles. The van der Waals surface area contributed by atoms with E-state index < -0.39 is 6.10 Å². The summed E-state index contributed by atoms with van der Waals surface area (Å²) in [5, 5.41) is 14.9. The monoisotopic (exact) mass is 470 g/mol. The Morgan fingerprint density at radius 2 is 1.76 bits per heavy atom. The molecule has 0 aromatic heterocycles. The van der Waals surface area contributed by atoms with Gasteiger partial charge in [-0.3, -0.25) is 9.59 Å². The quantitative estimate of drug-likeness (QED) is 0.674. The number of aliphatic hydroxyl groups excluding tert-OH is 1. The minimum absolute atomic E-state index is 0.00850. The fraction of sp³-hybridized carbons (Fsp3) is 0.714. The molecule has 7 atom stereocenters. The van der Waals surface area contributed by atoms with Crippen LogP contribution in [0.1, 0.15) is 76.1 Å². The summed E-state index contributed by atoms with van der Waals surface area (Å²) in [5.74, 6) is 0.862. The van der Waals surface area contributed by atoms with E-state index in [0.29, 0.717) is 5.56 Å². The van der Waals surface area contributed by atoms with Gasteiger partial charge in [0.2, 0.25) is 5.91 Å². The van der Waals surface area contributed by atoms with Gasteiger partial charge >= 0.3 is 0 Å². The average molecular weight is 471 g/mol. The molecule has 0 radical (unpaired) electrons. The van der Waals surface area contributed by atoms with Crippen LogP contribution in [0, 0.1) is 29.1 Å². The number of carbonyl (C=O) groups excluding carboxylic acids is 2. The Balaban J connectivity index is 1.45. The number of fused-ring (bicyclic) bond motifs is 1. The average Bonchev–Trinajstić information content (AvgIpc) is 2.85. The zero-order chi connectivity index (χ0) is 24.5. The number of nitrogens with zero attached hydrogens (tertiary/aromatic N) is 1. The molecule has 3 fully saturated rings. The van der Waals surface area contributed by atoms with Crippen molar-refractivity contribution in [2.45, 2.75) is 77.9 Å². The van der Waals surface area contributed by atoms with Crippen LogP contribution in [-0.2, 0) is 4.79 Å². The minimum atomic E-state index is -0.529. The highest BCUT2D eigenvalue weighted by Gasteiger charge is 2.54. The minimum Gasteiger partial charge on any atom is -0.497 e. The van der Waals surface area contributed by atoms with E-state index in [0.717, 1.165) is 57.4 Å². The van der Waals surface area contributed by atoms with Crippen LogP contribution in [0.25, 0.3) is 0 Å². The van der Waals surface area contributed by atoms with Gasteiger partial charge in [-0.05, 0) is 92.4 Å². The van der Waals surface area contributed by atoms with Gasteiger partial charge in [-0.25, -0.2) is 0 Å². The zero-order valence-corrected chi connectivity index (χ0v) is 21.3. The number of hydrogen-bond acceptors (Lipinski definition) is 4. The number of ether oxygens (including phenoxy) is 1. The second-order valence-electron chi connectivity index (χ2n) is 11.3. The van der Waals surface area contributed by atoms with Crippen molar-refractivity contribution < 1.29 is 19.4 Å². The Hall–Kier alpha value is -2.08. The highest BCUT2D eigenvalue weighted by atomic mass is 16.5. The van der Waals surface area contributed by atoms with Crippen molar-refractivity contribution in [1.82, 2.24) is 10.2 Å². The number of aliphatic hydroxyl groups is 1. The molecule has 2 saturated carbocycles. The lowest BCUT2D eigenvalue weighted by atomic mass is 9.51. The van der Waals surface area contributed by atoms with Gasteiger partial charge in [0.15, 0.2) is 0 Å². The first-order valence-corrected chi connectivity index (χ1v) is 13.2. The first kappa shape index (κ1) is 25.0. The molecule has 1 aliphatic heterocycles. The Morgan fingerprint density at radius 1 is 1.12 bits per heavy atom. The number of hydrogen-bond donors (Lipinski definition) is 2. The lowest BCUT2D eigenvalue weighted by molar-refractivity contribution is -0.150. The molecule has 0 bridgehead atoms. The summed E-state index contributed by atoms with van der Waals surface area (Å²) in [6.07, 6.45) is 6.65. The topological polar surface area (TPSA) is 78.9 Å². The van der Waals surface area contributed by atoms with E-state index in [1.54, 1.807) is 31.4 Å². The summed E-state index contributed by atoms with van der Waals surface area (Å²) < 4.78 is 5.20. The molecular formula is C28H42N2O4. The van der Waals surface area contributed by atoms with Gasteiger partial charge in [-0.2, -0.15) is 0 Å². The van der Waals surface area contributed by atoms with Gasteiger partial charge < -0.3 is 20.1 Å². The number of benzene rings is 1. The summed E-state index contributed by atoms with van der Waals surface area (Å²) in [7, 11) is 1.61. The van der Waals surface area contributed by atoms with E-state index in [4.69, 9.17) is 4.74 Å². The summed E-state index contributed by atoms with van der Waals surface area (Å²) in [6, 6.07) is 7.17. The highest BCUT2D eigenvalue weighted by molar-refractivity contribution is 5.94. The van der Waals surface area contributed by atoms with Crippen LogP contribution in [0.3, 0.4) is 0 Å². The maximum absolute atomic E-state index is 13.2. The van der Waals surface area contributed by atoms with E-state index >= 15 is 0 Å². The first-order valence-electron chi connectivity index (χ1n) is 13.2. The molecule has 2 N–H and O–H groups in total. The summed E-state index contributed by atoms with van der Waals surface area (Å²) in [5.41, 5.74) is 0.661. The smallest absolute Gasteiger partial charge is 0.251 e. The van der Waals surface area contributed by atoms with Crippen molar-refractivity contribution in [1.29, 1.82) is 0 Å². The van der Waals surface area contributed by atoms with Crippen LogP contribution in [0.5, 0.6) is 5.75 Å². The molecular weight excluding hydrogens is 428 g/mol. The summed E-state index contributed by atoms with van der Waals surface area (Å²) in [4.78, 5) is 28.2. The van der Waals surface area contributed by atoms with Crippen LogP contribution < -0.4 is 10.1 Å². The Kier molecular flexibility index (Phi) is 7.56. The molecule has 34 heavy (non-hydrogen) atoms. The van der Waals surface area contributed by atoms with Gasteiger partial charge in [0.25, 0.3) is 5.91 Å². The fourth-order valence-corrected chi connectivity index (χ4v) is 7.08. The molecule has 1 heterocycles. The lowest BCUT2D eigenvalue weighted by Crippen LogP contribution is -2.58. The van der Waals surface area contributed by atoms with Gasteiger partial charge in [0.1, 0.15) is 5.75 Å². The largest absolute Gasteiger partial charge is 0.497 e. The van der Waals surface area contributed by atoms with Crippen LogP contribution >= 0.6 is 0 Å². The van der Waals surface area contributed by atoms with Crippen LogP contribution in [-0.4, -0.2) is 54.2 Å². The molecule has 6 heteroatoms. The van der Waals surface area contributed by atoms with Crippen molar-refractivity contribution in [3.63, 3.8) is 0 Å². The van der Waals surface area contributed by atoms with Crippen molar-refractivity contribution in [2.75, 3.05) is 20.2 Å². The molecule has 2 amide bonds. The van der Waals surface area contributed by atoms with Gasteiger partial charge in [-0.15, -0.1) is 0 Å². The molecule has 2 aliphatic carbocycles. The maximum atomic E-state index is 13.2. The van der Waals surface area contributed by atoms with Gasteiger partial charge in [-0.1, -0.05) is 20.8 Å². The number of carbonyl (C=O) groups is 2. The first-order chi connectivity index (χ1) is 16.2. The second kappa shape index (κ2) is 10.3. The molecule has 4 rings (SSSR count). The Morgan fingerprint density at radius 3 is 2.41 bits per heavy atom. The predicted molar refractivity (Wildman–Crippen MR) is 133 cm³/mol. The van der Waals surface area contributed by atoms with Crippen molar-refractivity contribution in [3.8, 4) is 5.75 Å². The molecule has 6 nitrogen and oxygen atoms in total. The number of methoxy groups -OCH3 is 1. The third-order valence-corrected chi connectivity index (χ3v) is 9.26. The summed E-state index contributed by atoms with van der Waals surface area (Å²) >= 11 is 0. The van der Waals surface area contributed by atoms with E-state index in [1.807, 2.05) is 11.8 Å². The summed E-state index contributed by atoms with van der Waals surface area (Å²) in [6.45, 7) is 8.19. The number of piperidine rings is 1. The number of amides is 2. The number of likely N-dealkylation sites (tertiary alicyclic amines) is 1. The fourth-order valence-electron chi connectivity index (χ4n) is 7.08. The van der Waals surface area contributed by atoms with Crippen LogP contribution in [0.2, 0.25) is 0 Å². The lowest BCUT2D eigenvalue weighted by Gasteiger charge is -2.56. The molecule has 1 saturated heterocycles. The van der Waals surface area contributed by atoms with Gasteiger partial charge in [0, 0.05) is 30.6 Å². The van der Waals surface area contributed by atoms with Crippen LogP contribution in [0.15, 0.2) is 24.3 Å². The van der Waals surface area contributed by atoms with E-state index in [1.165, 1.54) is 6.42 Å². The van der Waals surface area contributed by atoms with Crippen molar-refractivity contribution >= 4 is 11.8 Å². The molecule has 0 spiro atoms. The normalized spacial score (nSPS) is 34.6. The maximum Gasteiger partial charge on any atom is 0.251 e. The number of nitrogens with one attached hydrogen (secondary N) is 1. The standard InChI is InChI=1S/C28H42N2O4/c1-18(27(33)30-16-6-5-7-17-30)22-12-14-28(3)15-13-23(19(2)24(28)25(22)31)29-26(32)20-8-10-21(34-4)11-9-20/h8-11,18-19,22-25,31H,5-7,12-17H2,1-4H3,(H,29,32)/t18-,19-,22+,23-,24+,25-,28+/m0/s1.